The van der Waals surface area contributed by atoms with Crippen molar-refractivity contribution in [1.29, 1.82) is 0 Å². The minimum absolute atomic E-state index is 0. The van der Waals surface area contributed by atoms with E-state index in [2.05, 4.69) is 25.7 Å². The number of rotatable bonds is 3. The molecule has 10 heteroatoms. The van der Waals surface area contributed by atoms with Gasteiger partial charge in [0.25, 0.3) is 5.91 Å². The Labute approximate surface area is 172 Å². The van der Waals surface area contributed by atoms with E-state index < -0.39 is 0 Å². The molecule has 0 saturated carbocycles. The molecule has 4 heterocycles. The van der Waals surface area contributed by atoms with Crippen LogP contribution in [0.2, 0.25) is 0 Å². The smallest absolute Gasteiger partial charge is 0.276 e. The van der Waals surface area contributed by atoms with Crippen molar-refractivity contribution in [3.8, 4) is 0 Å². The van der Waals surface area contributed by atoms with E-state index in [0.29, 0.717) is 12.2 Å². The van der Waals surface area contributed by atoms with Crippen LogP contribution in [0.25, 0.3) is 10.2 Å². The number of benzene rings is 1. The van der Waals surface area contributed by atoms with Gasteiger partial charge in [-0.25, -0.2) is 4.98 Å². The Morgan fingerprint density at radius 3 is 3.00 bits per heavy atom. The molecule has 1 saturated heterocycles. The third-order valence-electron chi connectivity index (χ3n) is 4.94. The molecule has 1 amide bonds. The van der Waals surface area contributed by atoms with Gasteiger partial charge in [-0.2, -0.15) is 5.10 Å². The van der Waals surface area contributed by atoms with E-state index in [4.69, 9.17) is 9.72 Å². The van der Waals surface area contributed by atoms with Crippen molar-refractivity contribution in [1.82, 2.24) is 20.5 Å². The van der Waals surface area contributed by atoms with Gasteiger partial charge in [0.2, 0.25) is 0 Å². The Hall–Kier alpha value is -2.20. The van der Waals surface area contributed by atoms with E-state index >= 15 is 0 Å². The lowest BCUT2D eigenvalue weighted by Crippen LogP contribution is -2.36. The van der Waals surface area contributed by atoms with Gasteiger partial charge in [0.15, 0.2) is 10.8 Å². The van der Waals surface area contributed by atoms with E-state index in [9.17, 15) is 4.79 Å². The third-order valence-corrected chi connectivity index (χ3v) is 6.02. The van der Waals surface area contributed by atoms with Crippen LogP contribution in [0.1, 0.15) is 21.7 Å². The summed E-state index contributed by atoms with van der Waals surface area (Å²) in [4.78, 5) is 19.6. The average Bonchev–Trinajstić information content (AvgIpc) is 3.32. The maximum absolute atomic E-state index is 12.7. The summed E-state index contributed by atoms with van der Waals surface area (Å²) < 4.78 is 6.46. The maximum atomic E-state index is 12.7. The highest BCUT2D eigenvalue weighted by molar-refractivity contribution is 7.22. The number of aromatic nitrogens is 3. The van der Waals surface area contributed by atoms with Gasteiger partial charge >= 0.3 is 0 Å². The molecular formula is C18H21ClN6O2S. The van der Waals surface area contributed by atoms with Gasteiger partial charge in [0.1, 0.15) is 0 Å². The average molecular weight is 421 g/mol. The van der Waals surface area contributed by atoms with E-state index in [0.717, 1.165) is 71.6 Å². The van der Waals surface area contributed by atoms with Crippen molar-refractivity contribution in [3.05, 3.63) is 35.2 Å². The number of nitrogens with one attached hydrogen (secondary N) is 3. The first-order valence-corrected chi connectivity index (χ1v) is 9.91. The SMILES string of the molecule is Cl.O=C(Nc1ccc2nc(N3CCOCC3)sc2c1)c1n[nH]c2c1CNCC2. The predicted octanol–water partition coefficient (Wildman–Crippen LogP) is 2.18. The molecule has 3 aromatic rings. The van der Waals surface area contributed by atoms with E-state index in [1.165, 1.54) is 0 Å². The summed E-state index contributed by atoms with van der Waals surface area (Å²) in [5.74, 6) is -0.187. The molecule has 148 valence electrons. The summed E-state index contributed by atoms with van der Waals surface area (Å²) in [5, 5.41) is 14.5. The zero-order valence-electron chi connectivity index (χ0n) is 15.2. The zero-order chi connectivity index (χ0) is 18.2. The van der Waals surface area contributed by atoms with E-state index in [1.807, 2.05) is 18.2 Å². The minimum Gasteiger partial charge on any atom is -0.378 e. The van der Waals surface area contributed by atoms with Gasteiger partial charge in [0.05, 0.1) is 23.4 Å². The molecule has 8 nitrogen and oxygen atoms in total. The van der Waals surface area contributed by atoms with Crippen LogP contribution in [0.15, 0.2) is 18.2 Å². The fraction of sp³-hybridized carbons (Fsp3) is 0.389. The van der Waals surface area contributed by atoms with Gasteiger partial charge in [-0.3, -0.25) is 9.89 Å². The second kappa shape index (κ2) is 8.04. The third kappa shape index (κ3) is 3.58. The highest BCUT2D eigenvalue weighted by atomic mass is 35.5. The Morgan fingerprint density at radius 2 is 2.14 bits per heavy atom. The van der Waals surface area contributed by atoms with E-state index in [1.54, 1.807) is 11.3 Å². The first-order valence-electron chi connectivity index (χ1n) is 9.09. The summed E-state index contributed by atoms with van der Waals surface area (Å²) in [6.45, 7) is 4.78. The summed E-state index contributed by atoms with van der Waals surface area (Å²) in [5.41, 5.74) is 4.18. The molecule has 2 aliphatic heterocycles. The first kappa shape index (κ1) is 19.1. The fourth-order valence-electron chi connectivity index (χ4n) is 3.48. The Morgan fingerprint density at radius 1 is 1.29 bits per heavy atom. The van der Waals surface area contributed by atoms with Crippen molar-refractivity contribution in [2.75, 3.05) is 43.1 Å². The molecule has 2 aliphatic rings. The number of fused-ring (bicyclic) bond motifs is 2. The van der Waals surface area contributed by atoms with Gasteiger partial charge in [-0.05, 0) is 18.2 Å². The van der Waals surface area contributed by atoms with Crippen molar-refractivity contribution in [3.63, 3.8) is 0 Å². The predicted molar refractivity (Wildman–Crippen MR) is 112 cm³/mol. The number of amides is 1. The molecule has 0 atom stereocenters. The number of nitrogens with zero attached hydrogens (tertiary/aromatic N) is 3. The quantitative estimate of drug-likeness (QED) is 0.601. The second-order valence-corrected chi connectivity index (χ2v) is 7.70. The van der Waals surface area contributed by atoms with Crippen molar-refractivity contribution in [2.24, 2.45) is 0 Å². The lowest BCUT2D eigenvalue weighted by molar-refractivity contribution is 0.102. The summed E-state index contributed by atoms with van der Waals surface area (Å²) in [6, 6.07) is 5.82. The lowest BCUT2D eigenvalue weighted by atomic mass is 10.1. The van der Waals surface area contributed by atoms with Crippen molar-refractivity contribution >= 4 is 50.7 Å². The number of anilines is 2. The van der Waals surface area contributed by atoms with Crippen LogP contribution in [0, 0.1) is 0 Å². The Bertz CT molecular complexity index is 997. The zero-order valence-corrected chi connectivity index (χ0v) is 16.8. The number of aromatic amines is 1. The van der Waals surface area contributed by atoms with Gasteiger partial charge in [-0.1, -0.05) is 11.3 Å². The van der Waals surface area contributed by atoms with Gasteiger partial charge < -0.3 is 20.3 Å². The molecule has 5 rings (SSSR count). The molecule has 0 radical (unpaired) electrons. The summed E-state index contributed by atoms with van der Waals surface area (Å²) >= 11 is 1.64. The molecule has 0 unspecified atom stereocenters. The molecule has 0 aliphatic carbocycles. The van der Waals surface area contributed by atoms with Crippen LogP contribution in [0.4, 0.5) is 10.8 Å². The number of thiazole rings is 1. The number of hydrogen-bond donors (Lipinski definition) is 3. The van der Waals surface area contributed by atoms with Crippen LogP contribution in [0.3, 0.4) is 0 Å². The number of ether oxygens (including phenoxy) is 1. The first-order chi connectivity index (χ1) is 13.3. The number of halogens is 1. The topological polar surface area (TPSA) is 95.2 Å². The lowest BCUT2D eigenvalue weighted by Gasteiger charge is -2.25. The summed E-state index contributed by atoms with van der Waals surface area (Å²) in [6.07, 6.45) is 0.868. The molecule has 3 N–H and O–H groups in total. The van der Waals surface area contributed by atoms with Crippen LogP contribution < -0.4 is 15.5 Å². The minimum atomic E-state index is -0.187. The molecule has 2 aromatic heterocycles. The van der Waals surface area contributed by atoms with Gasteiger partial charge in [0, 0.05) is 49.5 Å². The van der Waals surface area contributed by atoms with Crippen LogP contribution in [-0.2, 0) is 17.7 Å². The number of carbonyl (C=O) groups excluding carboxylic acids is 1. The normalized spacial score (nSPS) is 16.5. The number of carbonyl (C=O) groups is 1. The van der Waals surface area contributed by atoms with Crippen molar-refractivity contribution in [2.45, 2.75) is 13.0 Å². The van der Waals surface area contributed by atoms with Gasteiger partial charge in [-0.15, -0.1) is 12.4 Å². The molecule has 28 heavy (non-hydrogen) atoms. The highest BCUT2D eigenvalue weighted by Gasteiger charge is 2.22. The Balaban J connectivity index is 0.00000192. The van der Waals surface area contributed by atoms with Crippen LogP contribution in [-0.4, -0.2) is 53.9 Å². The molecule has 0 bridgehead atoms. The van der Waals surface area contributed by atoms with E-state index in [-0.39, 0.29) is 18.3 Å². The molecule has 0 spiro atoms. The number of H-pyrrole nitrogens is 1. The maximum Gasteiger partial charge on any atom is 0.276 e. The van der Waals surface area contributed by atoms with Crippen LogP contribution in [0.5, 0.6) is 0 Å². The highest BCUT2D eigenvalue weighted by Crippen LogP contribution is 2.31. The number of hydrogen-bond acceptors (Lipinski definition) is 7. The number of morpholine rings is 1. The largest absolute Gasteiger partial charge is 0.378 e. The molecular weight excluding hydrogens is 400 g/mol. The summed E-state index contributed by atoms with van der Waals surface area (Å²) in [7, 11) is 0. The molecule has 1 aromatic carbocycles. The van der Waals surface area contributed by atoms with Crippen LogP contribution >= 0.6 is 23.7 Å². The van der Waals surface area contributed by atoms with Crippen molar-refractivity contribution < 1.29 is 9.53 Å². The Kier molecular flexibility index (Phi) is 5.49. The fourth-order valence-corrected chi connectivity index (χ4v) is 4.54. The molecule has 1 fully saturated rings. The second-order valence-electron chi connectivity index (χ2n) is 6.69. The standard InChI is InChI=1S/C18H20N6O2S.ClH/c25-17(16-12-10-19-4-3-13(12)22-23-16)20-11-1-2-14-15(9-11)27-18(21-14)24-5-7-26-8-6-24;/h1-2,9,19H,3-8,10H2,(H,20,25)(H,22,23);1H. The monoisotopic (exact) mass is 420 g/mol.